The molecule has 3 heteroatoms. The lowest BCUT2D eigenvalue weighted by Crippen LogP contribution is -2.17. The Hall–Kier alpha value is -2.29. The van der Waals surface area contributed by atoms with Gasteiger partial charge >= 0.3 is 5.97 Å². The van der Waals surface area contributed by atoms with E-state index in [1.807, 2.05) is 31.2 Å². The average molecular weight is 397 g/mol. The molecule has 2 aromatic carbocycles. The molecule has 3 nitrogen and oxygen atoms in total. The standard InChI is InChI=1S/C26H36O3/c1-8-26(6,7)20-12-14-21(15-13-20)28-17-9-10-24(27)29-23-16-11-19(2)18-22(23)25(3,4)5/h11-16,18H,8-10,17H2,1-7H3. The number of benzene rings is 2. The molecular formula is C26H36O3. The Labute approximate surface area is 176 Å². The fourth-order valence-corrected chi connectivity index (χ4v) is 3.11. The number of aryl methyl sites for hydroxylation is 1. The van der Waals surface area contributed by atoms with E-state index in [4.69, 9.17) is 9.47 Å². The molecule has 0 atom stereocenters. The van der Waals surface area contributed by atoms with Crippen LogP contribution in [0, 0.1) is 6.92 Å². The summed E-state index contributed by atoms with van der Waals surface area (Å²) >= 11 is 0. The predicted molar refractivity (Wildman–Crippen MR) is 120 cm³/mol. The third-order valence-corrected chi connectivity index (χ3v) is 5.48. The second kappa shape index (κ2) is 9.47. The van der Waals surface area contributed by atoms with Crippen LogP contribution in [-0.4, -0.2) is 12.6 Å². The summed E-state index contributed by atoms with van der Waals surface area (Å²) < 4.78 is 11.4. The number of hydrogen-bond acceptors (Lipinski definition) is 3. The highest BCUT2D eigenvalue weighted by atomic mass is 16.5. The van der Waals surface area contributed by atoms with Crippen LogP contribution in [0.2, 0.25) is 0 Å². The fraction of sp³-hybridized carbons (Fsp3) is 0.500. The van der Waals surface area contributed by atoms with Gasteiger partial charge in [0.2, 0.25) is 0 Å². The Morgan fingerprint density at radius 2 is 1.62 bits per heavy atom. The quantitative estimate of drug-likeness (QED) is 0.281. The average Bonchev–Trinajstić information content (AvgIpc) is 2.66. The molecule has 0 aliphatic rings. The third-order valence-electron chi connectivity index (χ3n) is 5.48. The molecule has 0 spiro atoms. The van der Waals surface area contributed by atoms with Gasteiger partial charge in [-0.1, -0.05) is 71.4 Å². The first-order valence-corrected chi connectivity index (χ1v) is 10.6. The molecule has 0 aliphatic carbocycles. The summed E-state index contributed by atoms with van der Waals surface area (Å²) in [4.78, 5) is 12.3. The molecule has 2 aromatic rings. The van der Waals surface area contributed by atoms with Crippen LogP contribution in [0.1, 0.15) is 77.5 Å². The lowest BCUT2D eigenvalue weighted by molar-refractivity contribution is -0.134. The minimum absolute atomic E-state index is 0.0801. The van der Waals surface area contributed by atoms with Crippen molar-refractivity contribution < 1.29 is 14.3 Å². The highest BCUT2D eigenvalue weighted by molar-refractivity contribution is 5.73. The molecule has 0 saturated carbocycles. The van der Waals surface area contributed by atoms with Crippen molar-refractivity contribution in [3.8, 4) is 11.5 Å². The van der Waals surface area contributed by atoms with Gasteiger partial charge < -0.3 is 9.47 Å². The van der Waals surface area contributed by atoms with Crippen molar-refractivity contribution in [1.29, 1.82) is 0 Å². The van der Waals surface area contributed by atoms with Gasteiger partial charge in [-0.2, -0.15) is 0 Å². The SMILES string of the molecule is CCC(C)(C)c1ccc(OCCCC(=O)Oc2ccc(C)cc2C(C)(C)C)cc1. The highest BCUT2D eigenvalue weighted by Crippen LogP contribution is 2.32. The summed E-state index contributed by atoms with van der Waals surface area (Å²) in [6.45, 7) is 15.6. The van der Waals surface area contributed by atoms with E-state index >= 15 is 0 Å². The molecular weight excluding hydrogens is 360 g/mol. The minimum atomic E-state index is -0.219. The molecule has 0 radical (unpaired) electrons. The number of rotatable bonds is 8. The number of ether oxygens (including phenoxy) is 2. The normalized spacial score (nSPS) is 12.0. The lowest BCUT2D eigenvalue weighted by atomic mass is 9.82. The number of hydrogen-bond donors (Lipinski definition) is 0. The molecule has 29 heavy (non-hydrogen) atoms. The summed E-state index contributed by atoms with van der Waals surface area (Å²) in [5.41, 5.74) is 3.62. The van der Waals surface area contributed by atoms with Crippen LogP contribution >= 0.6 is 0 Å². The monoisotopic (exact) mass is 396 g/mol. The topological polar surface area (TPSA) is 35.5 Å². The first-order chi connectivity index (χ1) is 13.5. The first kappa shape index (κ1) is 23.0. The van der Waals surface area contributed by atoms with E-state index in [-0.39, 0.29) is 16.8 Å². The van der Waals surface area contributed by atoms with Gasteiger partial charge in [0.25, 0.3) is 0 Å². The largest absolute Gasteiger partial charge is 0.494 e. The molecule has 2 rings (SSSR count). The van der Waals surface area contributed by atoms with Gasteiger partial charge in [0.05, 0.1) is 6.61 Å². The zero-order chi connectivity index (χ0) is 21.7. The highest BCUT2D eigenvalue weighted by Gasteiger charge is 2.21. The van der Waals surface area contributed by atoms with E-state index in [0.29, 0.717) is 25.2 Å². The lowest BCUT2D eigenvalue weighted by Gasteiger charge is -2.23. The number of carbonyl (C=O) groups excluding carboxylic acids is 1. The summed E-state index contributed by atoms with van der Waals surface area (Å²) in [5, 5.41) is 0. The zero-order valence-corrected chi connectivity index (χ0v) is 19.1. The molecule has 0 unspecified atom stereocenters. The molecule has 0 amide bonds. The van der Waals surface area contributed by atoms with Crippen LogP contribution in [-0.2, 0) is 15.6 Å². The van der Waals surface area contributed by atoms with Crippen LogP contribution in [0.4, 0.5) is 0 Å². The second-order valence-electron chi connectivity index (χ2n) is 9.44. The number of esters is 1. The molecule has 0 aromatic heterocycles. The van der Waals surface area contributed by atoms with Crippen molar-refractivity contribution >= 4 is 5.97 Å². The zero-order valence-electron chi connectivity index (χ0n) is 19.1. The molecule has 0 heterocycles. The van der Waals surface area contributed by atoms with E-state index < -0.39 is 0 Å². The van der Waals surface area contributed by atoms with Crippen molar-refractivity contribution in [1.82, 2.24) is 0 Å². The van der Waals surface area contributed by atoms with Crippen LogP contribution in [0.25, 0.3) is 0 Å². The van der Waals surface area contributed by atoms with Crippen molar-refractivity contribution in [2.24, 2.45) is 0 Å². The maximum atomic E-state index is 12.3. The van der Waals surface area contributed by atoms with Gasteiger partial charge in [-0.05, 0) is 54.4 Å². The molecule has 0 N–H and O–H groups in total. The van der Waals surface area contributed by atoms with Crippen molar-refractivity contribution in [2.75, 3.05) is 6.61 Å². The van der Waals surface area contributed by atoms with E-state index in [2.05, 4.69) is 59.7 Å². The summed E-state index contributed by atoms with van der Waals surface area (Å²) in [6.07, 6.45) is 2.05. The third kappa shape index (κ3) is 6.62. The number of carbonyl (C=O) groups is 1. The van der Waals surface area contributed by atoms with Gasteiger partial charge in [-0.3, -0.25) is 4.79 Å². The van der Waals surface area contributed by atoms with Crippen molar-refractivity contribution in [3.63, 3.8) is 0 Å². The Kier molecular flexibility index (Phi) is 7.51. The second-order valence-corrected chi connectivity index (χ2v) is 9.44. The van der Waals surface area contributed by atoms with Gasteiger partial charge in [-0.25, -0.2) is 0 Å². The molecule has 0 fully saturated rings. The summed E-state index contributed by atoms with van der Waals surface area (Å²) in [5.74, 6) is 1.27. The van der Waals surface area contributed by atoms with E-state index in [9.17, 15) is 4.79 Å². The molecule has 0 aliphatic heterocycles. The summed E-state index contributed by atoms with van der Waals surface area (Å²) in [7, 11) is 0. The van der Waals surface area contributed by atoms with Gasteiger partial charge in [0.1, 0.15) is 11.5 Å². The molecule has 158 valence electrons. The molecule has 0 bridgehead atoms. The van der Waals surface area contributed by atoms with E-state index in [1.165, 1.54) is 5.56 Å². The fourth-order valence-electron chi connectivity index (χ4n) is 3.11. The van der Waals surface area contributed by atoms with Crippen LogP contribution in [0.3, 0.4) is 0 Å². The molecule has 0 saturated heterocycles. The van der Waals surface area contributed by atoms with Gasteiger partial charge in [-0.15, -0.1) is 0 Å². The Morgan fingerprint density at radius 1 is 0.966 bits per heavy atom. The minimum Gasteiger partial charge on any atom is -0.494 e. The Morgan fingerprint density at radius 3 is 2.21 bits per heavy atom. The van der Waals surface area contributed by atoms with Crippen LogP contribution in [0.5, 0.6) is 11.5 Å². The summed E-state index contributed by atoms with van der Waals surface area (Å²) in [6, 6.07) is 14.2. The van der Waals surface area contributed by atoms with Crippen molar-refractivity contribution in [3.05, 3.63) is 59.2 Å². The maximum Gasteiger partial charge on any atom is 0.311 e. The first-order valence-electron chi connectivity index (χ1n) is 10.6. The van der Waals surface area contributed by atoms with Gasteiger partial charge in [0.15, 0.2) is 0 Å². The predicted octanol–water partition coefficient (Wildman–Crippen LogP) is 6.74. The van der Waals surface area contributed by atoms with Gasteiger partial charge in [0, 0.05) is 12.0 Å². The van der Waals surface area contributed by atoms with Crippen LogP contribution < -0.4 is 9.47 Å². The van der Waals surface area contributed by atoms with Crippen molar-refractivity contribution in [2.45, 2.75) is 78.6 Å². The van der Waals surface area contributed by atoms with Crippen LogP contribution in [0.15, 0.2) is 42.5 Å². The Bertz CT molecular complexity index is 811. The smallest absolute Gasteiger partial charge is 0.311 e. The Balaban J connectivity index is 1.84. The van der Waals surface area contributed by atoms with E-state index in [0.717, 1.165) is 23.3 Å². The maximum absolute atomic E-state index is 12.3. The van der Waals surface area contributed by atoms with E-state index in [1.54, 1.807) is 0 Å².